The van der Waals surface area contributed by atoms with Crippen molar-refractivity contribution in [1.82, 2.24) is 0 Å². The van der Waals surface area contributed by atoms with Gasteiger partial charge in [-0.05, 0) is 32.4 Å². The molecule has 2 unspecified atom stereocenters. The van der Waals surface area contributed by atoms with Crippen molar-refractivity contribution in [3.63, 3.8) is 0 Å². The predicted molar refractivity (Wildman–Crippen MR) is 75.2 cm³/mol. The number of para-hydroxylation sites is 1. The average Bonchev–Trinajstić information content (AvgIpc) is 2.45. The Bertz CT molecular complexity index is 592. The molecule has 5 heteroatoms. The van der Waals surface area contributed by atoms with Crippen LogP contribution in [-0.2, 0) is 14.3 Å². The van der Waals surface area contributed by atoms with E-state index in [1.54, 1.807) is 24.3 Å². The van der Waals surface area contributed by atoms with Gasteiger partial charge in [0.2, 0.25) is 5.60 Å². The minimum Gasteiger partial charge on any atom is -0.474 e. The third kappa shape index (κ3) is 2.68. The molecule has 0 amide bonds. The van der Waals surface area contributed by atoms with E-state index in [1.807, 2.05) is 0 Å². The Balaban J connectivity index is 2.44. The van der Waals surface area contributed by atoms with E-state index in [1.165, 1.54) is 21.0 Å². The van der Waals surface area contributed by atoms with Gasteiger partial charge in [0.15, 0.2) is 5.78 Å². The van der Waals surface area contributed by atoms with Crippen molar-refractivity contribution in [3.05, 3.63) is 29.8 Å². The summed E-state index contributed by atoms with van der Waals surface area (Å²) in [6.45, 7) is 3.00. The van der Waals surface area contributed by atoms with Crippen molar-refractivity contribution in [2.45, 2.75) is 32.3 Å². The van der Waals surface area contributed by atoms with Gasteiger partial charge in [-0.15, -0.1) is 0 Å². The van der Waals surface area contributed by atoms with Gasteiger partial charge < -0.3 is 14.3 Å². The van der Waals surface area contributed by atoms with Crippen molar-refractivity contribution in [2.24, 2.45) is 5.92 Å². The molecule has 1 heterocycles. The van der Waals surface area contributed by atoms with E-state index in [9.17, 15) is 14.4 Å². The number of carbonyl (C=O) groups is 3. The highest BCUT2D eigenvalue weighted by Gasteiger charge is 2.52. The van der Waals surface area contributed by atoms with Crippen LogP contribution in [0.15, 0.2) is 24.3 Å². The van der Waals surface area contributed by atoms with E-state index in [-0.39, 0.29) is 24.4 Å². The molecule has 5 nitrogen and oxygen atoms in total. The highest BCUT2D eigenvalue weighted by Crippen LogP contribution is 2.39. The number of hydrogen-bond donors (Lipinski definition) is 0. The van der Waals surface area contributed by atoms with Crippen LogP contribution in [0.1, 0.15) is 37.0 Å². The van der Waals surface area contributed by atoms with Gasteiger partial charge in [0, 0.05) is 6.42 Å². The molecule has 0 aliphatic carbocycles. The van der Waals surface area contributed by atoms with E-state index in [0.29, 0.717) is 11.3 Å². The van der Waals surface area contributed by atoms with Gasteiger partial charge in [-0.2, -0.15) is 0 Å². The zero-order valence-electron chi connectivity index (χ0n) is 12.3. The maximum absolute atomic E-state index is 12.7. The molecular weight excluding hydrogens is 272 g/mol. The molecule has 2 atom stereocenters. The Morgan fingerprint density at radius 2 is 2.00 bits per heavy atom. The summed E-state index contributed by atoms with van der Waals surface area (Å²) in [5.74, 6) is -1.20. The lowest BCUT2D eigenvalue weighted by atomic mass is 9.77. The molecule has 1 aliphatic rings. The van der Waals surface area contributed by atoms with Gasteiger partial charge >= 0.3 is 5.97 Å². The van der Waals surface area contributed by atoms with Crippen LogP contribution >= 0.6 is 0 Å². The fourth-order valence-corrected chi connectivity index (χ4v) is 2.64. The van der Waals surface area contributed by atoms with Crippen LogP contribution in [-0.4, -0.2) is 30.2 Å². The molecule has 0 saturated heterocycles. The van der Waals surface area contributed by atoms with E-state index in [0.717, 1.165) is 0 Å². The molecule has 0 radical (unpaired) electrons. The van der Waals surface area contributed by atoms with E-state index >= 15 is 0 Å². The van der Waals surface area contributed by atoms with Crippen LogP contribution in [0, 0.1) is 5.92 Å². The third-order valence-corrected chi connectivity index (χ3v) is 3.83. The van der Waals surface area contributed by atoms with Crippen LogP contribution in [0.25, 0.3) is 0 Å². The van der Waals surface area contributed by atoms with E-state index in [4.69, 9.17) is 9.47 Å². The topological polar surface area (TPSA) is 69.7 Å². The van der Waals surface area contributed by atoms with Crippen molar-refractivity contribution in [3.8, 4) is 5.75 Å². The van der Waals surface area contributed by atoms with Crippen molar-refractivity contribution < 1.29 is 23.9 Å². The van der Waals surface area contributed by atoms with Gasteiger partial charge in [0.1, 0.15) is 11.5 Å². The molecule has 21 heavy (non-hydrogen) atoms. The molecule has 112 valence electrons. The molecule has 1 aromatic rings. The molecule has 0 fully saturated rings. The molecular formula is C16H18O5. The number of carbonyl (C=O) groups excluding carboxylic acids is 3. The second-order valence-electron chi connectivity index (χ2n) is 5.35. The molecule has 0 N–H and O–H groups in total. The van der Waals surface area contributed by atoms with Gasteiger partial charge in [0.05, 0.1) is 18.6 Å². The molecule has 0 bridgehead atoms. The molecule has 0 aromatic heterocycles. The summed E-state index contributed by atoms with van der Waals surface area (Å²) >= 11 is 0. The standard InChI is InChI=1S/C16H18O5/c1-10(17)8-9-12-14(18)11-6-4-5-7-13(11)21-16(12,2)15(19)20-3/h4-7,12H,8-9H2,1-3H3. The third-order valence-electron chi connectivity index (χ3n) is 3.83. The van der Waals surface area contributed by atoms with Gasteiger partial charge in [-0.1, -0.05) is 12.1 Å². The highest BCUT2D eigenvalue weighted by atomic mass is 16.6. The fraction of sp³-hybridized carbons (Fsp3) is 0.438. The summed E-state index contributed by atoms with van der Waals surface area (Å²) in [6, 6.07) is 6.79. The molecule has 1 aromatic carbocycles. The summed E-state index contributed by atoms with van der Waals surface area (Å²) in [5, 5.41) is 0. The average molecular weight is 290 g/mol. The van der Waals surface area contributed by atoms with Crippen molar-refractivity contribution in [1.29, 1.82) is 0 Å². The SMILES string of the molecule is COC(=O)C1(C)Oc2ccccc2C(=O)C1CCC(C)=O. The second-order valence-corrected chi connectivity index (χ2v) is 5.35. The first kappa shape index (κ1) is 15.2. The second kappa shape index (κ2) is 5.68. The monoisotopic (exact) mass is 290 g/mol. The number of ketones is 2. The number of rotatable bonds is 4. The lowest BCUT2D eigenvalue weighted by Gasteiger charge is -2.38. The Kier molecular flexibility index (Phi) is 4.11. The summed E-state index contributed by atoms with van der Waals surface area (Å²) in [7, 11) is 1.25. The number of hydrogen-bond acceptors (Lipinski definition) is 5. The maximum Gasteiger partial charge on any atom is 0.350 e. The Morgan fingerprint density at radius 3 is 2.62 bits per heavy atom. The largest absolute Gasteiger partial charge is 0.474 e. The Morgan fingerprint density at radius 1 is 1.33 bits per heavy atom. The van der Waals surface area contributed by atoms with Crippen LogP contribution in [0.4, 0.5) is 0 Å². The Hall–Kier alpha value is -2.17. The smallest absolute Gasteiger partial charge is 0.350 e. The number of Topliss-reactive ketones (excluding diaryl/α,β-unsaturated/α-hetero) is 2. The summed E-state index contributed by atoms with van der Waals surface area (Å²) < 4.78 is 10.6. The van der Waals surface area contributed by atoms with Gasteiger partial charge in [-0.3, -0.25) is 4.79 Å². The normalized spacial score (nSPS) is 24.0. The highest BCUT2D eigenvalue weighted by molar-refractivity contribution is 6.05. The summed E-state index contributed by atoms with van der Waals surface area (Å²) in [4.78, 5) is 36.0. The fourth-order valence-electron chi connectivity index (χ4n) is 2.64. The number of methoxy groups -OCH3 is 1. The number of benzene rings is 1. The van der Waals surface area contributed by atoms with Crippen molar-refractivity contribution in [2.75, 3.05) is 7.11 Å². The zero-order chi connectivity index (χ0) is 15.6. The van der Waals surface area contributed by atoms with Crippen LogP contribution in [0.3, 0.4) is 0 Å². The lowest BCUT2D eigenvalue weighted by molar-refractivity contribution is -0.162. The van der Waals surface area contributed by atoms with Crippen LogP contribution in [0.2, 0.25) is 0 Å². The first-order valence-electron chi connectivity index (χ1n) is 6.80. The first-order chi connectivity index (χ1) is 9.90. The lowest BCUT2D eigenvalue weighted by Crippen LogP contribution is -2.54. The summed E-state index contributed by atoms with van der Waals surface area (Å²) in [6.07, 6.45) is 0.475. The zero-order valence-corrected chi connectivity index (χ0v) is 12.3. The summed E-state index contributed by atoms with van der Waals surface area (Å²) in [5.41, 5.74) is -0.970. The molecule has 1 aliphatic heterocycles. The number of fused-ring (bicyclic) bond motifs is 1. The maximum atomic E-state index is 12.7. The van der Waals surface area contributed by atoms with E-state index < -0.39 is 17.5 Å². The van der Waals surface area contributed by atoms with Crippen LogP contribution < -0.4 is 4.74 Å². The van der Waals surface area contributed by atoms with Crippen molar-refractivity contribution >= 4 is 17.5 Å². The van der Waals surface area contributed by atoms with Gasteiger partial charge in [-0.25, -0.2) is 4.79 Å². The molecule has 0 saturated carbocycles. The van der Waals surface area contributed by atoms with Crippen LogP contribution in [0.5, 0.6) is 5.75 Å². The quantitative estimate of drug-likeness (QED) is 0.795. The molecule has 0 spiro atoms. The molecule has 2 rings (SSSR count). The first-order valence-corrected chi connectivity index (χ1v) is 6.80. The van der Waals surface area contributed by atoms with E-state index in [2.05, 4.69) is 0 Å². The minimum absolute atomic E-state index is 0.0334. The number of esters is 1. The predicted octanol–water partition coefficient (Wildman–Crippen LogP) is 2.18. The Labute approximate surface area is 123 Å². The number of ether oxygens (including phenoxy) is 2. The van der Waals surface area contributed by atoms with Gasteiger partial charge in [0.25, 0.3) is 0 Å². The minimum atomic E-state index is -1.41.